The molecule has 22 heavy (non-hydrogen) atoms. The van der Waals surface area contributed by atoms with E-state index >= 15 is 0 Å². The average molecular weight is 326 g/mol. The summed E-state index contributed by atoms with van der Waals surface area (Å²) in [5.41, 5.74) is 6.48. The Morgan fingerprint density at radius 2 is 2.23 bits per heavy atom. The molecular weight excluding hydrogens is 307 g/mol. The first-order chi connectivity index (χ1) is 10.5. The van der Waals surface area contributed by atoms with Crippen LogP contribution in [-0.4, -0.2) is 32.7 Å². The van der Waals surface area contributed by atoms with Gasteiger partial charge in [-0.2, -0.15) is 0 Å². The molecule has 1 saturated carbocycles. The Hall–Kier alpha value is -1.83. The van der Waals surface area contributed by atoms with Gasteiger partial charge in [-0.1, -0.05) is 6.07 Å². The van der Waals surface area contributed by atoms with Crippen LogP contribution in [0.2, 0.25) is 0 Å². The Labute approximate surface area is 129 Å². The number of benzene rings is 1. The second-order valence-corrected chi connectivity index (χ2v) is 7.66. The third-order valence-corrected chi connectivity index (χ3v) is 5.60. The molecule has 0 radical (unpaired) electrons. The van der Waals surface area contributed by atoms with Crippen molar-refractivity contribution in [3.8, 4) is 0 Å². The van der Waals surface area contributed by atoms with Crippen LogP contribution in [0.1, 0.15) is 24.8 Å². The summed E-state index contributed by atoms with van der Waals surface area (Å²) in [7, 11) is -3.37. The minimum absolute atomic E-state index is 0.0713. The maximum absolute atomic E-state index is 14.2. The summed E-state index contributed by atoms with van der Waals surface area (Å²) >= 11 is 0. The monoisotopic (exact) mass is 326 g/mol. The SMILES string of the molecule is NC(=NCc1ccc(N2CCCS2(=O)=O)c(F)c1)NC1CC1. The van der Waals surface area contributed by atoms with Gasteiger partial charge in [-0.15, -0.1) is 0 Å². The number of rotatable bonds is 4. The quantitative estimate of drug-likeness (QED) is 0.636. The largest absolute Gasteiger partial charge is 0.370 e. The molecule has 1 aromatic rings. The fourth-order valence-corrected chi connectivity index (χ4v) is 3.99. The summed E-state index contributed by atoms with van der Waals surface area (Å²) in [5.74, 6) is -0.122. The molecule has 0 unspecified atom stereocenters. The van der Waals surface area contributed by atoms with Crippen molar-refractivity contribution in [1.82, 2.24) is 5.32 Å². The van der Waals surface area contributed by atoms with E-state index in [-0.39, 0.29) is 18.0 Å². The molecule has 1 aliphatic carbocycles. The number of anilines is 1. The van der Waals surface area contributed by atoms with E-state index in [9.17, 15) is 12.8 Å². The van der Waals surface area contributed by atoms with Crippen LogP contribution >= 0.6 is 0 Å². The third kappa shape index (κ3) is 3.32. The van der Waals surface area contributed by atoms with Gasteiger partial charge in [0.1, 0.15) is 5.82 Å². The van der Waals surface area contributed by atoms with Crippen LogP contribution in [0.25, 0.3) is 0 Å². The summed E-state index contributed by atoms with van der Waals surface area (Å²) < 4.78 is 39.0. The van der Waals surface area contributed by atoms with Gasteiger partial charge in [0.25, 0.3) is 0 Å². The minimum atomic E-state index is -3.37. The van der Waals surface area contributed by atoms with Crippen molar-refractivity contribution in [3.63, 3.8) is 0 Å². The highest BCUT2D eigenvalue weighted by Crippen LogP contribution is 2.27. The van der Waals surface area contributed by atoms with E-state index in [1.54, 1.807) is 6.07 Å². The van der Waals surface area contributed by atoms with Crippen LogP contribution in [-0.2, 0) is 16.6 Å². The van der Waals surface area contributed by atoms with E-state index in [1.165, 1.54) is 12.1 Å². The zero-order chi connectivity index (χ0) is 15.7. The molecule has 3 rings (SSSR count). The molecule has 0 atom stereocenters. The molecule has 6 nitrogen and oxygen atoms in total. The number of hydrogen-bond acceptors (Lipinski definition) is 3. The molecular formula is C14H19FN4O2S. The van der Waals surface area contributed by atoms with Crippen molar-refractivity contribution < 1.29 is 12.8 Å². The number of hydrogen-bond donors (Lipinski definition) is 2. The van der Waals surface area contributed by atoms with Gasteiger partial charge in [0.15, 0.2) is 5.96 Å². The van der Waals surface area contributed by atoms with E-state index in [4.69, 9.17) is 5.73 Å². The summed E-state index contributed by atoms with van der Waals surface area (Å²) in [6, 6.07) is 4.91. The normalized spacial score (nSPS) is 21.1. The topological polar surface area (TPSA) is 87.8 Å². The van der Waals surface area contributed by atoms with Crippen molar-refractivity contribution in [1.29, 1.82) is 0 Å². The van der Waals surface area contributed by atoms with Gasteiger partial charge in [0.2, 0.25) is 10.0 Å². The Morgan fingerprint density at radius 1 is 1.45 bits per heavy atom. The molecule has 1 saturated heterocycles. The van der Waals surface area contributed by atoms with Crippen LogP contribution in [0, 0.1) is 5.82 Å². The van der Waals surface area contributed by atoms with Gasteiger partial charge in [-0.05, 0) is 37.0 Å². The highest BCUT2D eigenvalue weighted by Gasteiger charge is 2.30. The fourth-order valence-electron chi connectivity index (χ4n) is 2.42. The molecule has 3 N–H and O–H groups in total. The number of nitrogens with two attached hydrogens (primary N) is 1. The highest BCUT2D eigenvalue weighted by molar-refractivity contribution is 7.93. The Morgan fingerprint density at radius 3 is 2.82 bits per heavy atom. The molecule has 1 aromatic carbocycles. The van der Waals surface area contributed by atoms with Crippen LogP contribution in [0.4, 0.5) is 10.1 Å². The van der Waals surface area contributed by atoms with Crippen LogP contribution in [0.15, 0.2) is 23.2 Å². The predicted octanol–water partition coefficient (Wildman–Crippen LogP) is 0.932. The molecule has 120 valence electrons. The summed E-state index contributed by atoms with van der Waals surface area (Å²) in [5, 5.41) is 3.05. The maximum atomic E-state index is 14.2. The van der Waals surface area contributed by atoms with Crippen molar-refractivity contribution in [3.05, 3.63) is 29.6 Å². The second-order valence-electron chi connectivity index (χ2n) is 5.65. The zero-order valence-electron chi connectivity index (χ0n) is 12.1. The van der Waals surface area contributed by atoms with Gasteiger partial charge < -0.3 is 11.1 Å². The van der Waals surface area contributed by atoms with Crippen molar-refractivity contribution >= 4 is 21.7 Å². The lowest BCUT2D eigenvalue weighted by molar-refractivity contribution is 0.594. The van der Waals surface area contributed by atoms with Crippen molar-refractivity contribution in [2.24, 2.45) is 10.7 Å². The van der Waals surface area contributed by atoms with Crippen molar-refractivity contribution in [2.75, 3.05) is 16.6 Å². The lowest BCUT2D eigenvalue weighted by atomic mass is 10.2. The van der Waals surface area contributed by atoms with E-state index in [0.29, 0.717) is 30.5 Å². The molecule has 1 heterocycles. The summed E-state index contributed by atoms with van der Waals surface area (Å²) in [6.45, 7) is 0.588. The number of sulfonamides is 1. The first kappa shape index (κ1) is 15.1. The van der Waals surface area contributed by atoms with Gasteiger partial charge in [0, 0.05) is 12.6 Å². The maximum Gasteiger partial charge on any atom is 0.235 e. The molecule has 0 spiro atoms. The van der Waals surface area contributed by atoms with Gasteiger partial charge in [0.05, 0.1) is 18.0 Å². The predicted molar refractivity (Wildman–Crippen MR) is 83.6 cm³/mol. The van der Waals surface area contributed by atoms with Crippen LogP contribution in [0.5, 0.6) is 0 Å². The smallest absolute Gasteiger partial charge is 0.235 e. The highest BCUT2D eigenvalue weighted by atomic mass is 32.2. The first-order valence-corrected chi connectivity index (χ1v) is 8.92. The van der Waals surface area contributed by atoms with Gasteiger partial charge in [-0.25, -0.2) is 17.8 Å². The molecule has 1 aliphatic heterocycles. The van der Waals surface area contributed by atoms with E-state index < -0.39 is 15.8 Å². The van der Waals surface area contributed by atoms with E-state index in [0.717, 1.165) is 17.1 Å². The number of halogens is 1. The molecule has 2 aliphatic rings. The van der Waals surface area contributed by atoms with Gasteiger partial charge in [-0.3, -0.25) is 4.31 Å². The lowest BCUT2D eigenvalue weighted by Crippen LogP contribution is -2.33. The summed E-state index contributed by atoms with van der Waals surface area (Å²) in [6.07, 6.45) is 2.73. The van der Waals surface area contributed by atoms with Gasteiger partial charge >= 0.3 is 0 Å². The van der Waals surface area contributed by atoms with Crippen LogP contribution in [0.3, 0.4) is 0 Å². The fraction of sp³-hybridized carbons (Fsp3) is 0.500. The van der Waals surface area contributed by atoms with E-state index in [1.807, 2.05) is 0 Å². The average Bonchev–Trinajstić information content (AvgIpc) is 3.19. The molecule has 0 aromatic heterocycles. The van der Waals surface area contributed by atoms with Crippen LogP contribution < -0.4 is 15.4 Å². The standard InChI is InChI=1S/C14H19FN4O2S/c15-12-8-10(9-17-14(16)18-11-3-4-11)2-5-13(12)19-6-1-7-22(19,20)21/h2,5,8,11H,1,3-4,6-7,9H2,(H3,16,17,18). The number of guanidine groups is 1. The zero-order valence-corrected chi connectivity index (χ0v) is 12.9. The third-order valence-electron chi connectivity index (χ3n) is 3.74. The first-order valence-electron chi connectivity index (χ1n) is 7.31. The molecule has 0 amide bonds. The summed E-state index contributed by atoms with van der Waals surface area (Å²) in [4.78, 5) is 4.16. The Balaban J connectivity index is 1.72. The Kier molecular flexibility index (Phi) is 3.94. The van der Waals surface area contributed by atoms with E-state index in [2.05, 4.69) is 10.3 Å². The van der Waals surface area contributed by atoms with Crippen molar-refractivity contribution in [2.45, 2.75) is 31.8 Å². The Bertz CT molecular complexity index is 701. The second kappa shape index (κ2) is 5.75. The molecule has 8 heteroatoms. The minimum Gasteiger partial charge on any atom is -0.370 e. The number of nitrogens with one attached hydrogen (secondary N) is 1. The lowest BCUT2D eigenvalue weighted by Gasteiger charge is -2.17. The molecule has 2 fully saturated rings. The number of aliphatic imine (C=N–C) groups is 1. The number of nitrogens with zero attached hydrogens (tertiary/aromatic N) is 2. The molecule has 0 bridgehead atoms.